The maximum atomic E-state index is 9.39. The quantitative estimate of drug-likeness (QED) is 0.864. The van der Waals surface area contributed by atoms with Gasteiger partial charge in [0.05, 0.1) is 19.8 Å². The van der Waals surface area contributed by atoms with E-state index in [1.807, 2.05) is 6.07 Å². The molecule has 0 aliphatic carbocycles. The van der Waals surface area contributed by atoms with Crippen LogP contribution in [0.5, 0.6) is 5.75 Å². The van der Waals surface area contributed by atoms with Gasteiger partial charge in [0.15, 0.2) is 0 Å². The summed E-state index contributed by atoms with van der Waals surface area (Å²) in [4.78, 5) is 6.73. The SMILES string of the molecule is Oc1ccc(Br)c(C=NCCN2CCOCC2)c1. The molecule has 0 atom stereocenters. The molecule has 98 valence electrons. The Morgan fingerprint density at radius 2 is 2.17 bits per heavy atom. The molecule has 0 saturated carbocycles. The van der Waals surface area contributed by atoms with Crippen molar-refractivity contribution in [3.8, 4) is 5.75 Å². The molecule has 0 aromatic heterocycles. The van der Waals surface area contributed by atoms with Crippen molar-refractivity contribution < 1.29 is 9.84 Å². The number of aromatic hydroxyl groups is 1. The summed E-state index contributed by atoms with van der Waals surface area (Å²) < 4.78 is 6.23. The number of hydrogen-bond acceptors (Lipinski definition) is 4. The molecule has 2 rings (SSSR count). The van der Waals surface area contributed by atoms with Crippen molar-refractivity contribution in [2.75, 3.05) is 39.4 Å². The second kappa shape index (κ2) is 6.87. The zero-order chi connectivity index (χ0) is 12.8. The van der Waals surface area contributed by atoms with Crippen molar-refractivity contribution in [3.05, 3.63) is 28.2 Å². The lowest BCUT2D eigenvalue weighted by Gasteiger charge is -2.25. The van der Waals surface area contributed by atoms with E-state index in [1.165, 1.54) is 0 Å². The normalized spacial score (nSPS) is 17.4. The molecule has 18 heavy (non-hydrogen) atoms. The average molecular weight is 313 g/mol. The molecule has 1 aromatic carbocycles. The van der Waals surface area contributed by atoms with Crippen LogP contribution in [0.1, 0.15) is 5.56 Å². The number of morpholine rings is 1. The summed E-state index contributed by atoms with van der Waals surface area (Å²) in [7, 11) is 0. The van der Waals surface area contributed by atoms with Crippen LogP contribution >= 0.6 is 15.9 Å². The maximum Gasteiger partial charge on any atom is 0.116 e. The summed E-state index contributed by atoms with van der Waals surface area (Å²) in [5.74, 6) is 0.257. The Morgan fingerprint density at radius 1 is 1.39 bits per heavy atom. The van der Waals surface area contributed by atoms with Gasteiger partial charge >= 0.3 is 0 Å². The first-order valence-corrected chi connectivity index (χ1v) is 6.83. The molecule has 0 amide bonds. The number of aliphatic imine (C=N–C) groups is 1. The fourth-order valence-electron chi connectivity index (χ4n) is 1.82. The third-order valence-electron chi connectivity index (χ3n) is 2.86. The molecule has 1 N–H and O–H groups in total. The average Bonchev–Trinajstić information content (AvgIpc) is 2.40. The highest BCUT2D eigenvalue weighted by Crippen LogP contribution is 2.19. The minimum absolute atomic E-state index is 0.257. The fraction of sp³-hybridized carbons (Fsp3) is 0.462. The topological polar surface area (TPSA) is 45.1 Å². The highest BCUT2D eigenvalue weighted by atomic mass is 79.9. The highest BCUT2D eigenvalue weighted by Gasteiger charge is 2.08. The summed E-state index contributed by atoms with van der Waals surface area (Å²) in [5, 5.41) is 9.39. The summed E-state index contributed by atoms with van der Waals surface area (Å²) >= 11 is 3.43. The van der Waals surface area contributed by atoms with E-state index >= 15 is 0 Å². The molecule has 4 nitrogen and oxygen atoms in total. The number of phenolic OH excluding ortho intramolecular Hbond substituents is 1. The molecule has 0 radical (unpaired) electrons. The number of phenols is 1. The molecule has 1 aromatic rings. The van der Waals surface area contributed by atoms with Crippen molar-refractivity contribution >= 4 is 22.1 Å². The van der Waals surface area contributed by atoms with Crippen LogP contribution in [0, 0.1) is 0 Å². The largest absolute Gasteiger partial charge is 0.508 e. The Morgan fingerprint density at radius 3 is 2.94 bits per heavy atom. The molecule has 5 heteroatoms. The molecule has 1 aliphatic rings. The van der Waals surface area contributed by atoms with E-state index in [0.717, 1.165) is 49.4 Å². The molecule has 0 bridgehead atoms. The summed E-state index contributed by atoms with van der Waals surface area (Å²) in [6.45, 7) is 5.35. The van der Waals surface area contributed by atoms with Crippen molar-refractivity contribution in [1.82, 2.24) is 4.90 Å². The van der Waals surface area contributed by atoms with Gasteiger partial charge in [-0.05, 0) is 18.2 Å². The van der Waals surface area contributed by atoms with E-state index in [2.05, 4.69) is 25.8 Å². The Labute approximate surface area is 115 Å². The van der Waals surface area contributed by atoms with Gasteiger partial charge < -0.3 is 9.84 Å². The summed E-state index contributed by atoms with van der Waals surface area (Å²) in [5.41, 5.74) is 0.900. The van der Waals surface area contributed by atoms with Crippen LogP contribution < -0.4 is 0 Å². The Balaban J connectivity index is 1.81. The maximum absolute atomic E-state index is 9.39. The third-order valence-corrected chi connectivity index (χ3v) is 3.58. The number of benzene rings is 1. The first-order valence-electron chi connectivity index (χ1n) is 6.04. The smallest absolute Gasteiger partial charge is 0.116 e. The third kappa shape index (κ3) is 4.08. The van der Waals surface area contributed by atoms with Gasteiger partial charge in [-0.25, -0.2) is 0 Å². The minimum Gasteiger partial charge on any atom is -0.508 e. The Bertz CT molecular complexity index is 417. The van der Waals surface area contributed by atoms with Gasteiger partial charge in [0.25, 0.3) is 0 Å². The van der Waals surface area contributed by atoms with Crippen LogP contribution in [-0.4, -0.2) is 55.6 Å². The number of nitrogens with zero attached hydrogens (tertiary/aromatic N) is 2. The highest BCUT2D eigenvalue weighted by molar-refractivity contribution is 9.10. The van der Waals surface area contributed by atoms with Crippen molar-refractivity contribution in [2.24, 2.45) is 4.99 Å². The van der Waals surface area contributed by atoms with Crippen LogP contribution in [0.2, 0.25) is 0 Å². The molecule has 1 heterocycles. The first-order chi connectivity index (χ1) is 8.75. The van der Waals surface area contributed by atoms with Gasteiger partial charge in [0, 0.05) is 35.9 Å². The van der Waals surface area contributed by atoms with Crippen molar-refractivity contribution in [1.29, 1.82) is 0 Å². The van der Waals surface area contributed by atoms with Crippen molar-refractivity contribution in [3.63, 3.8) is 0 Å². The van der Waals surface area contributed by atoms with E-state index in [0.29, 0.717) is 0 Å². The number of halogens is 1. The van der Waals surface area contributed by atoms with Gasteiger partial charge in [-0.2, -0.15) is 0 Å². The molecular weight excluding hydrogens is 296 g/mol. The van der Waals surface area contributed by atoms with Crippen molar-refractivity contribution in [2.45, 2.75) is 0 Å². The first kappa shape index (κ1) is 13.5. The standard InChI is InChI=1S/C13H17BrN2O2/c14-13-2-1-12(17)9-11(13)10-15-3-4-16-5-7-18-8-6-16/h1-2,9-10,17H,3-8H2. The monoisotopic (exact) mass is 312 g/mol. The zero-order valence-corrected chi connectivity index (χ0v) is 11.8. The molecule has 1 fully saturated rings. The number of rotatable bonds is 4. The van der Waals surface area contributed by atoms with Gasteiger partial charge in [0.1, 0.15) is 5.75 Å². The lowest BCUT2D eigenvalue weighted by atomic mass is 10.2. The minimum atomic E-state index is 0.257. The van der Waals surface area contributed by atoms with E-state index < -0.39 is 0 Å². The van der Waals surface area contributed by atoms with Crippen LogP contribution in [-0.2, 0) is 4.74 Å². The molecule has 1 aliphatic heterocycles. The van der Waals surface area contributed by atoms with Crippen LogP contribution in [0.25, 0.3) is 0 Å². The molecule has 0 unspecified atom stereocenters. The zero-order valence-electron chi connectivity index (χ0n) is 10.2. The Hall–Kier alpha value is -0.910. The number of ether oxygens (including phenoxy) is 1. The molecule has 1 saturated heterocycles. The second-order valence-electron chi connectivity index (χ2n) is 4.20. The lowest BCUT2D eigenvalue weighted by molar-refractivity contribution is 0.0395. The van der Waals surface area contributed by atoms with E-state index in [4.69, 9.17) is 4.74 Å². The van der Waals surface area contributed by atoms with E-state index in [1.54, 1.807) is 18.3 Å². The predicted octanol–water partition coefficient (Wildman–Crippen LogP) is 1.91. The molecular formula is C13H17BrN2O2. The second-order valence-corrected chi connectivity index (χ2v) is 5.05. The Kier molecular flexibility index (Phi) is 5.16. The van der Waals surface area contributed by atoms with Crippen LogP contribution in [0.15, 0.2) is 27.7 Å². The summed E-state index contributed by atoms with van der Waals surface area (Å²) in [6.07, 6.45) is 1.80. The van der Waals surface area contributed by atoms with Gasteiger partial charge in [-0.3, -0.25) is 9.89 Å². The van der Waals surface area contributed by atoms with E-state index in [-0.39, 0.29) is 5.75 Å². The lowest BCUT2D eigenvalue weighted by Crippen LogP contribution is -2.37. The van der Waals surface area contributed by atoms with Gasteiger partial charge in [0.2, 0.25) is 0 Å². The van der Waals surface area contributed by atoms with Crippen LogP contribution in [0.4, 0.5) is 0 Å². The van der Waals surface area contributed by atoms with E-state index in [9.17, 15) is 5.11 Å². The predicted molar refractivity (Wildman–Crippen MR) is 75.5 cm³/mol. The van der Waals surface area contributed by atoms with Crippen LogP contribution in [0.3, 0.4) is 0 Å². The van der Waals surface area contributed by atoms with Gasteiger partial charge in [-0.15, -0.1) is 0 Å². The van der Waals surface area contributed by atoms with Gasteiger partial charge in [-0.1, -0.05) is 15.9 Å². The summed E-state index contributed by atoms with van der Waals surface area (Å²) in [6, 6.07) is 5.16. The number of hydrogen-bond donors (Lipinski definition) is 1. The fourth-order valence-corrected chi connectivity index (χ4v) is 2.17. The molecule has 0 spiro atoms.